The van der Waals surface area contributed by atoms with Crippen molar-refractivity contribution in [2.75, 3.05) is 13.7 Å². The van der Waals surface area contributed by atoms with Gasteiger partial charge in [0.05, 0.1) is 7.11 Å². The average Bonchev–Trinajstić information content (AvgIpc) is 2.72. The van der Waals surface area contributed by atoms with E-state index >= 15 is 0 Å². The second kappa shape index (κ2) is 10.8. The van der Waals surface area contributed by atoms with Crippen LogP contribution >= 0.6 is 0 Å². The molecule has 0 aliphatic heterocycles. The van der Waals surface area contributed by atoms with Gasteiger partial charge >= 0.3 is 0 Å². The number of ether oxygens (including phenoxy) is 2. The first-order valence-electron chi connectivity index (χ1n) is 10.6. The maximum Gasteiger partial charge on any atom is 0.261 e. The number of hydrogen-bond donors (Lipinski definition) is 1. The molecule has 0 radical (unpaired) electrons. The van der Waals surface area contributed by atoms with Gasteiger partial charge in [0, 0.05) is 12.6 Å². The molecule has 0 saturated heterocycles. The number of nitrogens with one attached hydrogen (secondary N) is 1. The van der Waals surface area contributed by atoms with Crippen LogP contribution in [0.4, 0.5) is 0 Å². The van der Waals surface area contributed by atoms with Crippen LogP contribution < -0.4 is 14.8 Å². The first-order chi connectivity index (χ1) is 14.6. The van der Waals surface area contributed by atoms with Crippen molar-refractivity contribution in [2.24, 2.45) is 0 Å². The second-order valence-corrected chi connectivity index (χ2v) is 8.20. The van der Waals surface area contributed by atoms with Gasteiger partial charge < -0.3 is 19.7 Å². The van der Waals surface area contributed by atoms with Crippen molar-refractivity contribution in [2.45, 2.75) is 60.2 Å². The van der Waals surface area contributed by atoms with E-state index in [9.17, 15) is 9.59 Å². The summed E-state index contributed by atoms with van der Waals surface area (Å²) in [6, 6.07) is 10.8. The summed E-state index contributed by atoms with van der Waals surface area (Å²) in [5.41, 5.74) is 4.10. The first-order valence-corrected chi connectivity index (χ1v) is 10.6. The van der Waals surface area contributed by atoms with Gasteiger partial charge in [0.25, 0.3) is 5.91 Å². The molecule has 1 unspecified atom stereocenters. The molecular weight excluding hydrogens is 392 g/mol. The van der Waals surface area contributed by atoms with E-state index in [1.54, 1.807) is 18.9 Å². The number of nitrogens with zero attached hydrogens (tertiary/aromatic N) is 1. The summed E-state index contributed by atoms with van der Waals surface area (Å²) < 4.78 is 11.1. The molecule has 2 aromatic rings. The van der Waals surface area contributed by atoms with E-state index < -0.39 is 6.04 Å². The van der Waals surface area contributed by atoms with Crippen LogP contribution in [-0.2, 0) is 16.1 Å². The highest BCUT2D eigenvalue weighted by atomic mass is 16.5. The quantitative estimate of drug-likeness (QED) is 0.659. The molecule has 31 heavy (non-hydrogen) atoms. The van der Waals surface area contributed by atoms with Gasteiger partial charge in [-0.15, -0.1) is 0 Å². The van der Waals surface area contributed by atoms with E-state index in [-0.39, 0.29) is 24.5 Å². The maximum absolute atomic E-state index is 13.2. The zero-order chi connectivity index (χ0) is 23.1. The first kappa shape index (κ1) is 24.3. The molecule has 0 aliphatic carbocycles. The highest BCUT2D eigenvalue weighted by Crippen LogP contribution is 2.23. The van der Waals surface area contributed by atoms with Gasteiger partial charge in [0.2, 0.25) is 5.91 Å². The molecule has 1 atom stereocenters. The minimum Gasteiger partial charge on any atom is -0.497 e. The van der Waals surface area contributed by atoms with Crippen LogP contribution in [0.1, 0.15) is 43.0 Å². The minimum absolute atomic E-state index is 0.0120. The molecule has 0 heterocycles. The molecular formula is C25H34N2O4. The largest absolute Gasteiger partial charge is 0.497 e. The molecule has 0 bridgehead atoms. The fourth-order valence-corrected chi connectivity index (χ4v) is 3.29. The highest BCUT2D eigenvalue weighted by Gasteiger charge is 2.27. The summed E-state index contributed by atoms with van der Waals surface area (Å²) in [4.78, 5) is 27.3. The summed E-state index contributed by atoms with van der Waals surface area (Å²) in [5.74, 6) is 0.982. The van der Waals surface area contributed by atoms with Gasteiger partial charge in [-0.1, -0.05) is 18.2 Å². The van der Waals surface area contributed by atoms with Crippen molar-refractivity contribution in [3.05, 3.63) is 58.7 Å². The number of methoxy groups -OCH3 is 1. The molecule has 2 aromatic carbocycles. The molecule has 0 aromatic heterocycles. The SMILES string of the molecule is COc1ccc(CN(C(=O)COc2cc(C)cc(C)c2C)C(C)C(=O)NC(C)C)cc1. The standard InChI is InChI=1S/C25H34N2O4/c1-16(2)26-25(29)20(6)27(14-21-8-10-22(30-7)11-9-21)24(28)15-31-23-13-17(3)12-18(4)19(23)5/h8-13,16,20H,14-15H2,1-7H3,(H,26,29). The predicted molar refractivity (Wildman–Crippen MR) is 122 cm³/mol. The fourth-order valence-electron chi connectivity index (χ4n) is 3.29. The molecule has 0 aliphatic rings. The van der Waals surface area contributed by atoms with Crippen LogP contribution in [-0.4, -0.2) is 42.5 Å². The Balaban J connectivity index is 2.21. The monoisotopic (exact) mass is 426 g/mol. The zero-order valence-corrected chi connectivity index (χ0v) is 19.6. The summed E-state index contributed by atoms with van der Waals surface area (Å²) in [6.07, 6.45) is 0. The number of rotatable bonds is 9. The van der Waals surface area contributed by atoms with Gasteiger partial charge in [-0.2, -0.15) is 0 Å². The summed E-state index contributed by atoms with van der Waals surface area (Å²) >= 11 is 0. The number of carbonyl (C=O) groups excluding carboxylic acids is 2. The van der Waals surface area contributed by atoms with Gasteiger partial charge in [-0.3, -0.25) is 9.59 Å². The maximum atomic E-state index is 13.2. The minimum atomic E-state index is -0.638. The molecule has 2 amide bonds. The fraction of sp³-hybridized carbons (Fsp3) is 0.440. The van der Waals surface area contributed by atoms with Crippen molar-refractivity contribution in [3.8, 4) is 11.5 Å². The van der Waals surface area contributed by atoms with Crippen molar-refractivity contribution in [3.63, 3.8) is 0 Å². The Morgan fingerprint density at radius 1 is 1.03 bits per heavy atom. The van der Waals surface area contributed by atoms with Crippen LogP contribution in [0.5, 0.6) is 11.5 Å². The molecule has 168 valence electrons. The van der Waals surface area contributed by atoms with E-state index in [1.807, 2.05) is 65.0 Å². The molecule has 6 nitrogen and oxygen atoms in total. The van der Waals surface area contributed by atoms with Gasteiger partial charge in [-0.25, -0.2) is 0 Å². The number of hydrogen-bond acceptors (Lipinski definition) is 4. The van der Waals surface area contributed by atoms with E-state index in [1.165, 1.54) is 0 Å². The zero-order valence-electron chi connectivity index (χ0n) is 19.6. The predicted octanol–water partition coefficient (Wildman–Crippen LogP) is 3.94. The van der Waals surface area contributed by atoms with Crippen molar-refractivity contribution >= 4 is 11.8 Å². The third kappa shape index (κ3) is 6.74. The third-order valence-electron chi connectivity index (χ3n) is 5.23. The Bertz CT molecular complexity index is 906. The highest BCUT2D eigenvalue weighted by molar-refractivity contribution is 5.88. The molecule has 6 heteroatoms. The van der Waals surface area contributed by atoms with Crippen LogP contribution in [0.15, 0.2) is 36.4 Å². The van der Waals surface area contributed by atoms with Crippen LogP contribution in [0.3, 0.4) is 0 Å². The lowest BCUT2D eigenvalue weighted by molar-refractivity contribution is -0.142. The third-order valence-corrected chi connectivity index (χ3v) is 5.23. The van der Waals surface area contributed by atoms with Gasteiger partial charge in [-0.05, 0) is 82.0 Å². The van der Waals surface area contributed by atoms with E-state index in [0.717, 1.165) is 28.0 Å². The molecule has 1 N–H and O–H groups in total. The van der Waals surface area contributed by atoms with Crippen LogP contribution in [0.2, 0.25) is 0 Å². The van der Waals surface area contributed by atoms with E-state index in [2.05, 4.69) is 11.4 Å². The van der Waals surface area contributed by atoms with Crippen molar-refractivity contribution < 1.29 is 19.1 Å². The Morgan fingerprint density at radius 3 is 2.26 bits per heavy atom. The van der Waals surface area contributed by atoms with E-state index in [0.29, 0.717) is 12.3 Å². The molecule has 2 rings (SSSR count). The number of amides is 2. The smallest absolute Gasteiger partial charge is 0.261 e. The molecule has 0 spiro atoms. The van der Waals surface area contributed by atoms with E-state index in [4.69, 9.17) is 9.47 Å². The number of carbonyl (C=O) groups is 2. The average molecular weight is 427 g/mol. The van der Waals surface area contributed by atoms with Crippen molar-refractivity contribution in [1.29, 1.82) is 0 Å². The number of aryl methyl sites for hydroxylation is 2. The Morgan fingerprint density at radius 2 is 1.68 bits per heavy atom. The van der Waals surface area contributed by atoms with Crippen molar-refractivity contribution in [1.82, 2.24) is 10.2 Å². The second-order valence-electron chi connectivity index (χ2n) is 8.20. The summed E-state index contributed by atoms with van der Waals surface area (Å²) in [5, 5.41) is 2.89. The lowest BCUT2D eigenvalue weighted by Crippen LogP contribution is -2.50. The topological polar surface area (TPSA) is 67.9 Å². The Hall–Kier alpha value is -3.02. The molecule has 0 saturated carbocycles. The lowest BCUT2D eigenvalue weighted by atomic mass is 10.1. The summed E-state index contributed by atoms with van der Waals surface area (Å²) in [6.45, 7) is 11.7. The summed E-state index contributed by atoms with van der Waals surface area (Å²) in [7, 11) is 1.61. The van der Waals surface area contributed by atoms with Crippen LogP contribution in [0, 0.1) is 20.8 Å². The number of benzene rings is 2. The Kier molecular flexibility index (Phi) is 8.48. The Labute approximate surface area is 185 Å². The van der Waals surface area contributed by atoms with Crippen LogP contribution in [0.25, 0.3) is 0 Å². The lowest BCUT2D eigenvalue weighted by Gasteiger charge is -2.29. The van der Waals surface area contributed by atoms with Gasteiger partial charge in [0.15, 0.2) is 6.61 Å². The molecule has 0 fully saturated rings. The normalized spacial score (nSPS) is 11.7. The van der Waals surface area contributed by atoms with Gasteiger partial charge in [0.1, 0.15) is 17.5 Å².